The molecule has 3 aliphatic rings. The number of alkyl halides is 1. The zero-order chi connectivity index (χ0) is 22.3. The van der Waals surface area contributed by atoms with Crippen LogP contribution in [0.25, 0.3) is 11.2 Å². The largest absolute Gasteiger partial charge is 0.447 e. The fourth-order valence-electron chi connectivity index (χ4n) is 4.77. The maximum atomic E-state index is 12.8. The van der Waals surface area contributed by atoms with Crippen molar-refractivity contribution in [3.05, 3.63) is 22.6 Å². The summed E-state index contributed by atoms with van der Waals surface area (Å²) >= 11 is 0. The van der Waals surface area contributed by atoms with Gasteiger partial charge in [0, 0.05) is 33.2 Å². The predicted octanol–water partition coefficient (Wildman–Crippen LogP) is 2.79. The summed E-state index contributed by atoms with van der Waals surface area (Å²) < 4.78 is 20.9. The van der Waals surface area contributed by atoms with Crippen LogP contribution in [0, 0.1) is 11.3 Å². The molecule has 1 amide bonds. The van der Waals surface area contributed by atoms with E-state index in [0.29, 0.717) is 31.2 Å². The molecular formula is C22H32FN5O3. The minimum atomic E-state index is -0.669. The first kappa shape index (κ1) is 21.6. The van der Waals surface area contributed by atoms with Gasteiger partial charge in [-0.25, -0.2) is 19.0 Å². The number of aryl methyl sites for hydroxylation is 1. The van der Waals surface area contributed by atoms with Crippen LogP contribution in [0.4, 0.5) is 15.0 Å². The molecule has 0 aliphatic carbocycles. The summed E-state index contributed by atoms with van der Waals surface area (Å²) in [5.41, 5.74) is 1.41. The van der Waals surface area contributed by atoms with Crippen molar-refractivity contribution in [2.75, 3.05) is 37.8 Å². The Kier molecular flexibility index (Phi) is 5.70. The Balaban J connectivity index is 1.62. The van der Waals surface area contributed by atoms with Crippen molar-refractivity contribution >= 4 is 23.1 Å². The number of ether oxygens (including phenoxy) is 1. The molecule has 0 radical (unpaired) electrons. The number of hydrogen-bond acceptors (Lipinski definition) is 5. The van der Waals surface area contributed by atoms with Gasteiger partial charge in [0.15, 0.2) is 5.65 Å². The third-order valence-corrected chi connectivity index (χ3v) is 6.17. The van der Waals surface area contributed by atoms with Gasteiger partial charge in [0.25, 0.3) is 0 Å². The van der Waals surface area contributed by atoms with Crippen molar-refractivity contribution in [2.24, 2.45) is 18.4 Å². The minimum Gasteiger partial charge on any atom is -0.447 e. The number of carbonyl (C=O) groups excluding carboxylic acids is 1. The van der Waals surface area contributed by atoms with E-state index in [2.05, 4.69) is 25.7 Å². The SMILES string of the molecule is Cn1c(=O)n(CC(C)(C)C)c2ccc(N3CC4CCC(C3)N(C(=O)OCCF)C4)nc21. The molecule has 3 aliphatic heterocycles. The summed E-state index contributed by atoms with van der Waals surface area (Å²) in [5.74, 6) is 1.12. The second-order valence-electron chi connectivity index (χ2n) is 9.96. The monoisotopic (exact) mass is 433 g/mol. The molecule has 2 aromatic rings. The summed E-state index contributed by atoms with van der Waals surface area (Å²) in [5, 5.41) is 0. The Labute approximate surface area is 181 Å². The third-order valence-electron chi connectivity index (χ3n) is 6.17. The average molecular weight is 434 g/mol. The lowest BCUT2D eigenvalue weighted by Gasteiger charge is -2.35. The van der Waals surface area contributed by atoms with E-state index in [-0.39, 0.29) is 23.8 Å². The van der Waals surface area contributed by atoms with Gasteiger partial charge in [-0.05, 0) is 36.3 Å². The lowest BCUT2D eigenvalue weighted by molar-refractivity contribution is 0.0653. The molecule has 3 fully saturated rings. The van der Waals surface area contributed by atoms with E-state index in [9.17, 15) is 14.0 Å². The number of pyridine rings is 1. The number of anilines is 1. The van der Waals surface area contributed by atoms with E-state index in [1.807, 2.05) is 12.1 Å². The van der Waals surface area contributed by atoms with Gasteiger partial charge < -0.3 is 14.5 Å². The summed E-state index contributed by atoms with van der Waals surface area (Å²) in [4.78, 5) is 34.0. The summed E-state index contributed by atoms with van der Waals surface area (Å²) in [6.45, 7) is 8.13. The van der Waals surface area contributed by atoms with Crippen LogP contribution < -0.4 is 10.6 Å². The first-order valence-electron chi connectivity index (χ1n) is 11.0. The second kappa shape index (κ2) is 8.16. The van der Waals surface area contributed by atoms with Crippen molar-refractivity contribution < 1.29 is 13.9 Å². The van der Waals surface area contributed by atoms with Crippen molar-refractivity contribution in [2.45, 2.75) is 46.2 Å². The van der Waals surface area contributed by atoms with Gasteiger partial charge in [-0.2, -0.15) is 0 Å². The number of rotatable bonds is 4. The maximum absolute atomic E-state index is 12.8. The van der Waals surface area contributed by atoms with Crippen molar-refractivity contribution in [3.63, 3.8) is 0 Å². The Morgan fingerprint density at radius 3 is 2.71 bits per heavy atom. The van der Waals surface area contributed by atoms with Crippen molar-refractivity contribution in [1.29, 1.82) is 0 Å². The molecular weight excluding hydrogens is 401 g/mol. The van der Waals surface area contributed by atoms with Crippen LogP contribution in [0.15, 0.2) is 16.9 Å². The molecule has 0 saturated carbocycles. The first-order valence-corrected chi connectivity index (χ1v) is 11.0. The highest BCUT2D eigenvalue weighted by Gasteiger charge is 2.38. The van der Waals surface area contributed by atoms with Crippen LogP contribution >= 0.6 is 0 Å². The van der Waals surface area contributed by atoms with Crippen LogP contribution in [0.5, 0.6) is 0 Å². The number of amides is 1. The molecule has 5 rings (SSSR count). The van der Waals surface area contributed by atoms with Crippen LogP contribution in [0.1, 0.15) is 33.6 Å². The quantitative estimate of drug-likeness (QED) is 0.742. The van der Waals surface area contributed by atoms with E-state index in [1.54, 1.807) is 21.1 Å². The van der Waals surface area contributed by atoms with Gasteiger partial charge >= 0.3 is 11.8 Å². The highest BCUT2D eigenvalue weighted by molar-refractivity contribution is 5.74. The fourth-order valence-corrected chi connectivity index (χ4v) is 4.77. The van der Waals surface area contributed by atoms with E-state index in [1.165, 1.54) is 0 Å². The smallest absolute Gasteiger partial charge is 0.410 e. The van der Waals surface area contributed by atoms with Crippen LogP contribution in [0.2, 0.25) is 0 Å². The summed E-state index contributed by atoms with van der Waals surface area (Å²) in [7, 11) is 1.76. The zero-order valence-corrected chi connectivity index (χ0v) is 18.8. The Morgan fingerprint density at radius 2 is 2.00 bits per heavy atom. The molecule has 0 spiro atoms. The number of carbonyl (C=O) groups is 1. The molecule has 170 valence electrons. The molecule has 2 aromatic heterocycles. The molecule has 0 aromatic carbocycles. The summed E-state index contributed by atoms with van der Waals surface area (Å²) in [6.07, 6.45) is 1.50. The highest BCUT2D eigenvalue weighted by Crippen LogP contribution is 2.31. The Hall–Kier alpha value is -2.58. The predicted molar refractivity (Wildman–Crippen MR) is 117 cm³/mol. The first-order chi connectivity index (χ1) is 14.7. The fraction of sp³-hybridized carbons (Fsp3) is 0.682. The van der Waals surface area contributed by atoms with Crippen LogP contribution in [-0.2, 0) is 18.3 Å². The van der Waals surface area contributed by atoms with Crippen LogP contribution in [-0.4, -0.2) is 64.1 Å². The lowest BCUT2D eigenvalue weighted by Crippen LogP contribution is -2.47. The molecule has 3 saturated heterocycles. The van der Waals surface area contributed by atoms with Gasteiger partial charge in [0.05, 0.1) is 11.6 Å². The molecule has 2 unspecified atom stereocenters. The zero-order valence-electron chi connectivity index (χ0n) is 18.8. The number of aromatic nitrogens is 3. The van der Waals surface area contributed by atoms with Crippen molar-refractivity contribution in [1.82, 2.24) is 19.0 Å². The molecule has 2 atom stereocenters. The molecule has 9 heteroatoms. The lowest BCUT2D eigenvalue weighted by atomic mass is 9.95. The van der Waals surface area contributed by atoms with Gasteiger partial charge in [0.1, 0.15) is 19.1 Å². The summed E-state index contributed by atoms with van der Waals surface area (Å²) in [6, 6.07) is 3.96. The van der Waals surface area contributed by atoms with Gasteiger partial charge in [0.2, 0.25) is 0 Å². The molecule has 5 heterocycles. The molecule has 2 bridgehead atoms. The van der Waals surface area contributed by atoms with E-state index in [4.69, 9.17) is 9.72 Å². The van der Waals surface area contributed by atoms with E-state index < -0.39 is 12.8 Å². The number of nitrogens with zero attached hydrogens (tertiary/aromatic N) is 5. The normalized spacial score (nSPS) is 21.6. The van der Waals surface area contributed by atoms with Gasteiger partial charge in [-0.1, -0.05) is 20.8 Å². The van der Waals surface area contributed by atoms with Crippen molar-refractivity contribution in [3.8, 4) is 0 Å². The Bertz CT molecular complexity index is 1020. The van der Waals surface area contributed by atoms with Gasteiger partial charge in [-0.3, -0.25) is 9.13 Å². The standard InChI is InChI=1S/C22H32FN5O3/c1-22(2,3)14-28-17-7-8-18(24-19(17)25(4)20(28)29)26-11-15-5-6-16(13-26)27(12-15)21(30)31-10-9-23/h7-8,15-16H,5-6,9-14H2,1-4H3. The van der Waals surface area contributed by atoms with Gasteiger partial charge in [-0.15, -0.1) is 0 Å². The maximum Gasteiger partial charge on any atom is 0.410 e. The highest BCUT2D eigenvalue weighted by atomic mass is 19.1. The number of imidazole rings is 1. The molecule has 31 heavy (non-hydrogen) atoms. The number of hydrogen-bond donors (Lipinski definition) is 0. The topological polar surface area (TPSA) is 72.6 Å². The number of piperidine rings is 1. The third kappa shape index (κ3) is 4.27. The number of fused-ring (bicyclic) bond motifs is 5. The molecule has 8 nitrogen and oxygen atoms in total. The van der Waals surface area contributed by atoms with Crippen LogP contribution in [0.3, 0.4) is 0 Å². The second-order valence-corrected chi connectivity index (χ2v) is 9.96. The average Bonchev–Trinajstić information content (AvgIpc) is 2.94. The molecule has 0 N–H and O–H groups in total. The number of halogens is 1. The van der Waals surface area contributed by atoms with E-state index >= 15 is 0 Å². The minimum absolute atomic E-state index is 0.0117. The Morgan fingerprint density at radius 1 is 1.23 bits per heavy atom. The van der Waals surface area contributed by atoms with E-state index in [0.717, 1.165) is 30.7 Å².